The van der Waals surface area contributed by atoms with Gasteiger partial charge in [-0.15, -0.1) is 0 Å². The van der Waals surface area contributed by atoms with Crippen molar-refractivity contribution in [1.29, 1.82) is 5.26 Å². The quantitative estimate of drug-likeness (QED) is 0.561. The lowest BCUT2D eigenvalue weighted by Crippen LogP contribution is -2.14. The van der Waals surface area contributed by atoms with Crippen molar-refractivity contribution in [3.8, 4) is 11.9 Å². The zero-order valence-corrected chi connectivity index (χ0v) is 10.2. The lowest BCUT2D eigenvalue weighted by atomic mass is 10.1. The summed E-state index contributed by atoms with van der Waals surface area (Å²) in [5.41, 5.74) is 2.47. The van der Waals surface area contributed by atoms with E-state index in [1.54, 1.807) is 19.1 Å². The molecule has 86 valence electrons. The average Bonchev–Trinajstić information content (AvgIpc) is 2.35. The molecule has 0 aliphatic carbocycles. The molecule has 0 aliphatic rings. The second-order valence-corrected chi connectivity index (χ2v) is 3.77. The Morgan fingerprint density at radius 1 is 1.44 bits per heavy atom. The van der Waals surface area contributed by atoms with Crippen molar-refractivity contribution in [2.75, 3.05) is 20.7 Å². The molecule has 0 heterocycles. The Labute approximate surface area is 97.3 Å². The fraction of sp³-hybridized carbons (Fsp3) is 0.462. The number of aryl methyl sites for hydroxylation is 1. The van der Waals surface area contributed by atoms with Crippen LogP contribution < -0.4 is 4.74 Å². The van der Waals surface area contributed by atoms with Crippen molar-refractivity contribution >= 4 is 0 Å². The van der Waals surface area contributed by atoms with Crippen LogP contribution in [0, 0.1) is 11.5 Å². The van der Waals surface area contributed by atoms with Crippen LogP contribution in [0.5, 0.6) is 5.75 Å². The fourth-order valence-electron chi connectivity index (χ4n) is 1.61. The van der Waals surface area contributed by atoms with Gasteiger partial charge in [0.1, 0.15) is 5.75 Å². The topological polar surface area (TPSA) is 36.3 Å². The average molecular weight is 218 g/mol. The summed E-state index contributed by atoms with van der Waals surface area (Å²) in [6.07, 6.45) is 3.95. The first kappa shape index (κ1) is 12.4. The zero-order valence-electron chi connectivity index (χ0n) is 10.2. The van der Waals surface area contributed by atoms with E-state index in [2.05, 4.69) is 25.2 Å². The van der Waals surface area contributed by atoms with Crippen LogP contribution >= 0.6 is 0 Å². The summed E-state index contributed by atoms with van der Waals surface area (Å²) < 4.78 is 5.28. The molecule has 16 heavy (non-hydrogen) atoms. The molecule has 3 nitrogen and oxygen atoms in total. The summed E-state index contributed by atoms with van der Waals surface area (Å²) in [6.45, 7) is 2.87. The molecule has 1 rings (SSSR count). The second kappa shape index (κ2) is 6.02. The molecule has 3 heteroatoms. The Kier molecular flexibility index (Phi) is 4.65. The van der Waals surface area contributed by atoms with E-state index >= 15 is 0 Å². The second-order valence-electron chi connectivity index (χ2n) is 3.77. The van der Waals surface area contributed by atoms with Gasteiger partial charge in [-0.2, -0.15) is 5.26 Å². The van der Waals surface area contributed by atoms with Crippen molar-refractivity contribution in [3.05, 3.63) is 29.3 Å². The van der Waals surface area contributed by atoms with Gasteiger partial charge in [0.05, 0.1) is 7.11 Å². The van der Waals surface area contributed by atoms with Gasteiger partial charge < -0.3 is 9.64 Å². The van der Waals surface area contributed by atoms with E-state index < -0.39 is 0 Å². The minimum Gasteiger partial charge on any atom is -0.496 e. The number of benzene rings is 1. The van der Waals surface area contributed by atoms with Crippen LogP contribution in [-0.4, -0.2) is 25.6 Å². The molecule has 0 spiro atoms. The Bertz CT molecular complexity index is 382. The van der Waals surface area contributed by atoms with E-state index in [1.807, 2.05) is 6.07 Å². The monoisotopic (exact) mass is 218 g/mol. The van der Waals surface area contributed by atoms with Crippen LogP contribution in [0.25, 0.3) is 0 Å². The van der Waals surface area contributed by atoms with E-state index in [0.717, 1.165) is 25.1 Å². The lowest BCUT2D eigenvalue weighted by molar-refractivity contribution is 0.409. The number of methoxy groups -OCH3 is 1. The van der Waals surface area contributed by atoms with Gasteiger partial charge in [-0.3, -0.25) is 0 Å². The highest BCUT2D eigenvalue weighted by molar-refractivity contribution is 5.37. The first-order valence-corrected chi connectivity index (χ1v) is 5.48. The summed E-state index contributed by atoms with van der Waals surface area (Å²) in [5.74, 6) is 0.944. The first-order chi connectivity index (χ1) is 7.71. The van der Waals surface area contributed by atoms with E-state index in [9.17, 15) is 0 Å². The fourth-order valence-corrected chi connectivity index (χ4v) is 1.61. The number of nitrogens with zero attached hydrogens (tertiary/aromatic N) is 2. The van der Waals surface area contributed by atoms with Gasteiger partial charge in [0.2, 0.25) is 0 Å². The largest absolute Gasteiger partial charge is 0.496 e. The van der Waals surface area contributed by atoms with Crippen LogP contribution in [0.3, 0.4) is 0 Å². The summed E-state index contributed by atoms with van der Waals surface area (Å²) in [5, 5.41) is 8.65. The highest BCUT2D eigenvalue weighted by Gasteiger charge is 2.03. The molecule has 0 bridgehead atoms. The summed E-state index contributed by atoms with van der Waals surface area (Å²) >= 11 is 0. The third kappa shape index (κ3) is 3.16. The van der Waals surface area contributed by atoms with Crippen molar-refractivity contribution < 1.29 is 4.74 Å². The van der Waals surface area contributed by atoms with Crippen LogP contribution in [0.2, 0.25) is 0 Å². The van der Waals surface area contributed by atoms with E-state index in [4.69, 9.17) is 10.00 Å². The highest BCUT2D eigenvalue weighted by Crippen LogP contribution is 2.20. The zero-order chi connectivity index (χ0) is 12.0. The van der Waals surface area contributed by atoms with Crippen LogP contribution in [0.1, 0.15) is 18.1 Å². The molecule has 1 aromatic carbocycles. The minimum atomic E-state index is 0.756. The smallest absolute Gasteiger partial charge is 0.179 e. The molecule has 0 N–H and O–H groups in total. The standard InChI is InChI=1S/C13H18N2O/c1-4-12-9-11(5-6-13(12)16-3)7-8-15(2)10-14/h5-6,9H,4,7-8H2,1-3H3. The molecule has 0 atom stereocenters. The number of rotatable bonds is 5. The van der Waals surface area contributed by atoms with E-state index in [1.165, 1.54) is 11.1 Å². The molecule has 0 saturated heterocycles. The number of hydrogen-bond donors (Lipinski definition) is 0. The molecule has 0 aromatic heterocycles. The SMILES string of the molecule is CCc1cc(CCN(C)C#N)ccc1OC. The van der Waals surface area contributed by atoms with Crippen LogP contribution in [0.4, 0.5) is 0 Å². The molecule has 0 aliphatic heterocycles. The molecule has 1 aromatic rings. The van der Waals surface area contributed by atoms with Crippen molar-refractivity contribution in [1.82, 2.24) is 4.90 Å². The predicted octanol–water partition coefficient (Wildman–Crippen LogP) is 2.21. The molecule has 0 amide bonds. The third-order valence-electron chi connectivity index (χ3n) is 2.63. The van der Waals surface area contributed by atoms with Gasteiger partial charge in [0.25, 0.3) is 0 Å². The van der Waals surface area contributed by atoms with Gasteiger partial charge in [0, 0.05) is 13.6 Å². The summed E-state index contributed by atoms with van der Waals surface area (Å²) in [6, 6.07) is 6.22. The maximum Gasteiger partial charge on any atom is 0.179 e. The Morgan fingerprint density at radius 2 is 2.19 bits per heavy atom. The Morgan fingerprint density at radius 3 is 2.75 bits per heavy atom. The van der Waals surface area contributed by atoms with E-state index in [-0.39, 0.29) is 0 Å². The normalized spacial score (nSPS) is 9.62. The predicted molar refractivity (Wildman–Crippen MR) is 64.3 cm³/mol. The molecule has 0 unspecified atom stereocenters. The van der Waals surface area contributed by atoms with Gasteiger partial charge in [-0.05, 0) is 30.0 Å². The number of hydrogen-bond acceptors (Lipinski definition) is 3. The number of nitriles is 1. The van der Waals surface area contributed by atoms with Gasteiger partial charge in [0.15, 0.2) is 6.19 Å². The minimum absolute atomic E-state index is 0.756. The number of ether oxygens (including phenoxy) is 1. The number of likely N-dealkylation sites (N-methyl/N-ethyl adjacent to an activating group) is 1. The third-order valence-corrected chi connectivity index (χ3v) is 2.63. The molecular weight excluding hydrogens is 200 g/mol. The van der Waals surface area contributed by atoms with Gasteiger partial charge in [-0.25, -0.2) is 0 Å². The van der Waals surface area contributed by atoms with Crippen LogP contribution in [-0.2, 0) is 12.8 Å². The Balaban J connectivity index is 2.72. The van der Waals surface area contributed by atoms with Crippen LogP contribution in [0.15, 0.2) is 18.2 Å². The van der Waals surface area contributed by atoms with Crippen molar-refractivity contribution in [2.45, 2.75) is 19.8 Å². The first-order valence-electron chi connectivity index (χ1n) is 5.48. The van der Waals surface area contributed by atoms with Gasteiger partial charge >= 0.3 is 0 Å². The maximum atomic E-state index is 8.65. The Hall–Kier alpha value is -1.69. The van der Waals surface area contributed by atoms with Gasteiger partial charge in [-0.1, -0.05) is 19.1 Å². The highest BCUT2D eigenvalue weighted by atomic mass is 16.5. The lowest BCUT2D eigenvalue weighted by Gasteiger charge is -2.11. The van der Waals surface area contributed by atoms with Crippen molar-refractivity contribution in [3.63, 3.8) is 0 Å². The molecule has 0 radical (unpaired) electrons. The molecule has 0 fully saturated rings. The van der Waals surface area contributed by atoms with Crippen molar-refractivity contribution in [2.24, 2.45) is 0 Å². The molecule has 0 saturated carbocycles. The summed E-state index contributed by atoms with van der Waals surface area (Å²) in [4.78, 5) is 1.63. The maximum absolute atomic E-state index is 8.65. The molecular formula is C13H18N2O. The van der Waals surface area contributed by atoms with E-state index in [0.29, 0.717) is 0 Å². The summed E-state index contributed by atoms with van der Waals surface area (Å²) in [7, 11) is 3.49.